The first kappa shape index (κ1) is 34.3. The molecule has 2 saturated carbocycles. The predicted molar refractivity (Wildman–Crippen MR) is 147 cm³/mol. The Bertz CT molecular complexity index is 948. The van der Waals surface area contributed by atoms with Crippen LogP contribution in [0.3, 0.4) is 0 Å². The number of ether oxygens (including phenoxy) is 6. The second-order valence-electron chi connectivity index (χ2n) is 13.2. The molecule has 3 aliphatic heterocycles. The van der Waals surface area contributed by atoms with Crippen LogP contribution in [0.4, 0.5) is 0 Å². The molecule has 0 spiro atoms. The molecule has 0 amide bonds. The summed E-state index contributed by atoms with van der Waals surface area (Å²) in [5.41, 5.74) is 0. The van der Waals surface area contributed by atoms with Crippen LogP contribution < -0.4 is 0 Å². The first-order valence-corrected chi connectivity index (χ1v) is 15.7. The third-order valence-corrected chi connectivity index (χ3v) is 9.98. The largest absolute Gasteiger partial charge is 0.454 e. The molecule has 5 aliphatic rings. The summed E-state index contributed by atoms with van der Waals surface area (Å²) in [6.45, 7) is 2.19. The van der Waals surface area contributed by atoms with Crippen LogP contribution in [0.15, 0.2) is 0 Å². The van der Waals surface area contributed by atoms with Crippen LogP contribution in [-0.4, -0.2) is 156 Å². The zero-order valence-electron chi connectivity index (χ0n) is 25.0. The molecule has 5 rings (SSSR count). The highest BCUT2D eigenvalue weighted by Gasteiger charge is 2.54. The molecule has 0 aromatic heterocycles. The van der Waals surface area contributed by atoms with Crippen LogP contribution in [0.25, 0.3) is 0 Å². The standard InChI is InChI=1S/C29H48O15/c1-11-21(34)24(37)27(41-12(2)30)29(40-11)39-10-20-22(35)23(36)25(38)28(44-20)43-19-9-16-17(33)7-15(32)8-18(16)42-26(19)13-3-5-14(31)6-4-13/h11,13-29,31-38H,3-10H2,1-2H3/p+1/t11-,13?,14?,15?,16?,17?,18?,19?,20+,21-,22+,23-,24+,25+,26?,27+,28+,29+/m0/s1. The number of carbonyl (C=O) groups excluding carboxylic acids is 1. The van der Waals surface area contributed by atoms with Crippen molar-refractivity contribution in [3.8, 4) is 0 Å². The van der Waals surface area contributed by atoms with E-state index in [4.69, 9.17) is 28.4 Å². The van der Waals surface area contributed by atoms with E-state index in [-0.39, 0.29) is 36.6 Å². The van der Waals surface area contributed by atoms with Crippen molar-refractivity contribution in [2.75, 3.05) is 6.61 Å². The molecule has 15 heteroatoms. The first-order chi connectivity index (χ1) is 20.8. The molecule has 0 bridgehead atoms. The molecule has 44 heavy (non-hydrogen) atoms. The Morgan fingerprint density at radius 2 is 1.50 bits per heavy atom. The highest BCUT2D eigenvalue weighted by Crippen LogP contribution is 2.42. The van der Waals surface area contributed by atoms with Gasteiger partial charge in [-0.25, -0.2) is 0 Å². The van der Waals surface area contributed by atoms with Crippen LogP contribution in [0.1, 0.15) is 58.8 Å². The van der Waals surface area contributed by atoms with Gasteiger partial charge in [0.05, 0.1) is 36.9 Å². The van der Waals surface area contributed by atoms with Crippen molar-refractivity contribution in [3.05, 3.63) is 0 Å². The maximum Gasteiger partial charge on any atom is 0.303 e. The highest BCUT2D eigenvalue weighted by atomic mass is 16.7. The molecule has 5 fully saturated rings. The summed E-state index contributed by atoms with van der Waals surface area (Å²) in [6.07, 6.45) is -13.5. The minimum Gasteiger partial charge on any atom is -0.454 e. The fraction of sp³-hybridized carbons (Fsp3) is 0.966. The van der Waals surface area contributed by atoms with Gasteiger partial charge in [0.1, 0.15) is 42.7 Å². The van der Waals surface area contributed by atoms with Crippen molar-refractivity contribution in [2.45, 2.75) is 157 Å². The normalized spacial score (nSPS) is 51.8. The average molecular weight is 638 g/mol. The van der Waals surface area contributed by atoms with Gasteiger partial charge in [-0.1, -0.05) is 0 Å². The minimum absolute atomic E-state index is 0.0568. The lowest BCUT2D eigenvalue weighted by atomic mass is 9.73. The van der Waals surface area contributed by atoms with Gasteiger partial charge >= 0.3 is 5.97 Å². The Hall–Kier alpha value is -1.05. The molecule has 6 unspecified atom stereocenters. The number of rotatable bonds is 7. The molecule has 3 heterocycles. The number of hydrogen-bond acceptors (Lipinski definition) is 14. The van der Waals surface area contributed by atoms with E-state index in [9.17, 15) is 45.6 Å². The van der Waals surface area contributed by atoms with Crippen LogP contribution in [-0.2, 0) is 28.5 Å². The van der Waals surface area contributed by atoms with Crippen molar-refractivity contribution in [3.63, 3.8) is 0 Å². The van der Waals surface area contributed by atoms with E-state index in [2.05, 4.69) is 0 Å². The van der Waals surface area contributed by atoms with E-state index in [1.165, 1.54) is 6.92 Å². The maximum absolute atomic E-state index is 11.6. The van der Waals surface area contributed by atoms with E-state index >= 15 is 0 Å². The smallest absolute Gasteiger partial charge is 0.303 e. The monoisotopic (exact) mass is 637 g/mol. The quantitative estimate of drug-likeness (QED) is 0.102. The third-order valence-electron chi connectivity index (χ3n) is 9.98. The Balaban J connectivity index is 1.29. The SMILES string of the molecule is CC(=O)O[C@H]1[C@H](OC[C@H]2O[C@@H](OC3CC4C(O)CC(O)CC4[OH+]C3C3CCC(O)CC3)[C@H](O)[C@@H](O)[C@@H]2O)O[C@@H](C)[C@H](O)[C@H]1O. The molecule has 0 radical (unpaired) electrons. The van der Waals surface area contributed by atoms with Gasteiger partial charge in [0.25, 0.3) is 0 Å². The number of carbonyl (C=O) groups is 1. The van der Waals surface area contributed by atoms with Gasteiger partial charge in [-0.05, 0) is 39.0 Å². The molecule has 15 nitrogen and oxygen atoms in total. The van der Waals surface area contributed by atoms with E-state index < -0.39 is 92.3 Å². The van der Waals surface area contributed by atoms with Gasteiger partial charge < -0.3 is 69.3 Å². The second kappa shape index (κ2) is 14.4. The van der Waals surface area contributed by atoms with Crippen molar-refractivity contribution >= 4 is 5.97 Å². The molecular weight excluding hydrogens is 588 g/mol. The molecule has 0 aromatic rings. The van der Waals surface area contributed by atoms with Gasteiger partial charge in [0, 0.05) is 25.7 Å². The molecule has 16 atom stereocenters. The van der Waals surface area contributed by atoms with Crippen LogP contribution in [0.5, 0.6) is 0 Å². The fourth-order valence-corrected chi connectivity index (χ4v) is 7.46. The molecule has 0 aromatic carbocycles. The zero-order chi connectivity index (χ0) is 31.9. The van der Waals surface area contributed by atoms with E-state index in [1.807, 2.05) is 0 Å². The molecule has 9 N–H and O–H groups in total. The predicted octanol–water partition coefficient (Wildman–Crippen LogP) is -3.05. The Morgan fingerprint density at radius 3 is 2.18 bits per heavy atom. The number of esters is 1. The van der Waals surface area contributed by atoms with Crippen LogP contribution in [0, 0.1) is 11.8 Å². The Kier molecular flexibility index (Phi) is 11.2. The van der Waals surface area contributed by atoms with E-state index in [0.29, 0.717) is 38.5 Å². The molecule has 2 aliphatic carbocycles. The highest BCUT2D eigenvalue weighted by molar-refractivity contribution is 5.66. The number of hydrogen-bond donors (Lipinski definition) is 8. The summed E-state index contributed by atoms with van der Waals surface area (Å²) >= 11 is 0. The zero-order valence-corrected chi connectivity index (χ0v) is 25.0. The van der Waals surface area contributed by atoms with Crippen LogP contribution in [0.2, 0.25) is 0 Å². The van der Waals surface area contributed by atoms with Gasteiger partial charge in [-0.2, -0.15) is 0 Å². The second-order valence-corrected chi connectivity index (χ2v) is 13.2. The number of aliphatic hydroxyl groups is 10. The Morgan fingerprint density at radius 1 is 0.795 bits per heavy atom. The lowest BCUT2D eigenvalue weighted by Crippen LogP contribution is -2.63. The van der Waals surface area contributed by atoms with Gasteiger partial charge in [0.2, 0.25) is 0 Å². The first-order valence-electron chi connectivity index (χ1n) is 15.7. The Labute approximate surface area is 255 Å². The summed E-state index contributed by atoms with van der Waals surface area (Å²) in [4.78, 5) is 11.6. The van der Waals surface area contributed by atoms with E-state index in [1.54, 1.807) is 0 Å². The lowest BCUT2D eigenvalue weighted by Gasteiger charge is -2.48. The van der Waals surface area contributed by atoms with Crippen molar-refractivity contribution in [2.24, 2.45) is 11.8 Å². The number of aliphatic hydroxyl groups excluding tert-OH is 8. The fourth-order valence-electron chi connectivity index (χ4n) is 7.46. The maximum atomic E-state index is 11.6. The van der Waals surface area contributed by atoms with Gasteiger partial charge in [-0.3, -0.25) is 4.79 Å². The summed E-state index contributed by atoms with van der Waals surface area (Å²) in [6, 6.07) is 0. The average Bonchev–Trinajstić information content (AvgIpc) is 2.97. The van der Waals surface area contributed by atoms with Gasteiger partial charge in [0.15, 0.2) is 30.9 Å². The minimum atomic E-state index is -1.68. The van der Waals surface area contributed by atoms with E-state index in [0.717, 1.165) is 6.92 Å². The molecule has 254 valence electrons. The summed E-state index contributed by atoms with van der Waals surface area (Å²) in [5.74, 6) is -0.968. The number of fused-ring (bicyclic) bond motifs is 1. The molecule has 3 saturated heterocycles. The summed E-state index contributed by atoms with van der Waals surface area (Å²) in [7, 11) is 0. The van der Waals surface area contributed by atoms with Gasteiger partial charge in [-0.15, -0.1) is 0 Å². The molecular formula is C29H49O15+. The van der Waals surface area contributed by atoms with Crippen molar-refractivity contribution in [1.82, 2.24) is 0 Å². The summed E-state index contributed by atoms with van der Waals surface area (Å²) in [5, 5.41) is 84.1. The van der Waals surface area contributed by atoms with Crippen molar-refractivity contribution < 1.29 is 74.1 Å². The summed E-state index contributed by atoms with van der Waals surface area (Å²) < 4.78 is 33.7. The van der Waals surface area contributed by atoms with Crippen molar-refractivity contribution in [1.29, 1.82) is 0 Å². The topological polar surface area (TPSA) is 238 Å². The van der Waals surface area contributed by atoms with Crippen LogP contribution >= 0.6 is 0 Å². The third kappa shape index (κ3) is 7.40. The lowest BCUT2D eigenvalue weighted by molar-refractivity contribution is -0.361.